The molecule has 1 N–H and O–H groups in total. The van der Waals surface area contributed by atoms with Crippen molar-refractivity contribution in [2.45, 2.75) is 40.0 Å². The van der Waals surface area contributed by atoms with Gasteiger partial charge in [-0.2, -0.15) is 0 Å². The van der Waals surface area contributed by atoms with Crippen LogP contribution < -0.4 is 15.0 Å². The van der Waals surface area contributed by atoms with Crippen LogP contribution in [0.3, 0.4) is 0 Å². The van der Waals surface area contributed by atoms with E-state index in [9.17, 15) is 9.59 Å². The maximum atomic E-state index is 12.5. The van der Waals surface area contributed by atoms with Gasteiger partial charge in [0.25, 0.3) is 5.91 Å². The first-order valence-electron chi connectivity index (χ1n) is 11.1. The van der Waals surface area contributed by atoms with Crippen LogP contribution in [0.15, 0.2) is 36.4 Å². The topological polar surface area (TPSA) is 61.9 Å². The van der Waals surface area contributed by atoms with Gasteiger partial charge in [0.2, 0.25) is 5.91 Å². The van der Waals surface area contributed by atoms with Crippen LogP contribution in [0, 0.1) is 6.92 Å². The van der Waals surface area contributed by atoms with Gasteiger partial charge in [0.15, 0.2) is 6.61 Å². The summed E-state index contributed by atoms with van der Waals surface area (Å²) in [5.41, 5.74) is 3.70. The van der Waals surface area contributed by atoms with Crippen LogP contribution in [-0.2, 0) is 9.59 Å². The summed E-state index contributed by atoms with van der Waals surface area (Å²) in [6.45, 7) is 10.9. The zero-order valence-corrected chi connectivity index (χ0v) is 20.0. The van der Waals surface area contributed by atoms with Crippen molar-refractivity contribution in [3.63, 3.8) is 0 Å². The van der Waals surface area contributed by atoms with E-state index in [1.165, 1.54) is 0 Å². The van der Waals surface area contributed by atoms with E-state index in [0.29, 0.717) is 36.1 Å². The van der Waals surface area contributed by atoms with Crippen molar-refractivity contribution in [3.05, 3.63) is 52.5 Å². The molecule has 2 aromatic carbocycles. The molecule has 3 rings (SSSR count). The Hall–Kier alpha value is -2.73. The Morgan fingerprint density at radius 3 is 2.44 bits per heavy atom. The highest BCUT2D eigenvalue weighted by Crippen LogP contribution is 2.30. The summed E-state index contributed by atoms with van der Waals surface area (Å²) in [5, 5.41) is 3.43. The molecule has 1 aliphatic rings. The zero-order chi connectivity index (χ0) is 23.3. The van der Waals surface area contributed by atoms with Crippen LogP contribution in [0.5, 0.6) is 5.75 Å². The smallest absolute Gasteiger partial charge is 0.262 e. The van der Waals surface area contributed by atoms with Crippen LogP contribution in [0.1, 0.15) is 44.2 Å². The van der Waals surface area contributed by atoms with Crippen LogP contribution in [0.4, 0.5) is 11.4 Å². The van der Waals surface area contributed by atoms with E-state index in [1.54, 1.807) is 6.07 Å². The van der Waals surface area contributed by atoms with Gasteiger partial charge >= 0.3 is 0 Å². The Morgan fingerprint density at radius 2 is 1.81 bits per heavy atom. The van der Waals surface area contributed by atoms with Crippen LogP contribution in [0.2, 0.25) is 5.02 Å². The fourth-order valence-electron chi connectivity index (χ4n) is 3.85. The summed E-state index contributed by atoms with van der Waals surface area (Å²) >= 11 is 6.51. The molecular formula is C25H32ClN3O3. The van der Waals surface area contributed by atoms with Crippen molar-refractivity contribution in [2.75, 3.05) is 43.0 Å². The Morgan fingerprint density at radius 1 is 1.09 bits per heavy atom. The molecule has 0 saturated carbocycles. The lowest BCUT2D eigenvalue weighted by atomic mass is 10.0. The number of hydrogen-bond acceptors (Lipinski definition) is 4. The third-order valence-electron chi connectivity index (χ3n) is 5.66. The summed E-state index contributed by atoms with van der Waals surface area (Å²) < 4.78 is 5.82. The average Bonchev–Trinajstić information content (AvgIpc) is 2.77. The molecule has 1 saturated heterocycles. The number of carbonyl (C=O) groups excluding carboxylic acids is 2. The minimum absolute atomic E-state index is 0.0735. The SMILES string of the molecule is CCC(=O)N1CCN(c2ccc(NC(=O)COc3cc(C)ccc3C(C)C)cc2Cl)CC1. The quantitative estimate of drug-likeness (QED) is 0.645. The minimum atomic E-state index is -0.239. The largest absolute Gasteiger partial charge is 0.483 e. The molecule has 0 bridgehead atoms. The summed E-state index contributed by atoms with van der Waals surface area (Å²) in [7, 11) is 0. The first-order valence-corrected chi connectivity index (χ1v) is 11.5. The monoisotopic (exact) mass is 457 g/mol. The van der Waals surface area contributed by atoms with E-state index in [4.69, 9.17) is 16.3 Å². The average molecular weight is 458 g/mol. The fourth-order valence-corrected chi connectivity index (χ4v) is 4.15. The number of nitrogens with one attached hydrogen (secondary N) is 1. The Bertz CT molecular complexity index is 969. The summed E-state index contributed by atoms with van der Waals surface area (Å²) in [6.07, 6.45) is 0.529. The van der Waals surface area contributed by atoms with E-state index in [0.717, 1.165) is 35.7 Å². The molecule has 0 radical (unpaired) electrons. The lowest BCUT2D eigenvalue weighted by Gasteiger charge is -2.36. The molecule has 1 heterocycles. The lowest BCUT2D eigenvalue weighted by molar-refractivity contribution is -0.131. The van der Waals surface area contributed by atoms with E-state index >= 15 is 0 Å². The molecule has 1 fully saturated rings. The van der Waals surface area contributed by atoms with Gasteiger partial charge in [-0.05, 0) is 48.2 Å². The number of aryl methyl sites for hydroxylation is 1. The van der Waals surface area contributed by atoms with E-state index in [1.807, 2.05) is 49.1 Å². The number of piperazine rings is 1. The molecule has 32 heavy (non-hydrogen) atoms. The standard InChI is InChI=1S/C25H32ClN3O3/c1-5-25(31)29-12-10-28(11-13-29)22-9-7-19(15-21(22)26)27-24(30)16-32-23-14-18(4)6-8-20(23)17(2)3/h6-9,14-15,17H,5,10-13,16H2,1-4H3,(H,27,30). The first-order chi connectivity index (χ1) is 15.3. The van der Waals surface area contributed by atoms with E-state index in [2.05, 4.69) is 24.1 Å². The summed E-state index contributed by atoms with van der Waals surface area (Å²) in [6, 6.07) is 11.6. The van der Waals surface area contributed by atoms with Gasteiger partial charge in [0, 0.05) is 38.3 Å². The van der Waals surface area contributed by atoms with Crippen molar-refractivity contribution in [3.8, 4) is 5.75 Å². The third kappa shape index (κ3) is 5.94. The maximum Gasteiger partial charge on any atom is 0.262 e. The third-order valence-corrected chi connectivity index (χ3v) is 5.96. The molecule has 0 aromatic heterocycles. The summed E-state index contributed by atoms with van der Waals surface area (Å²) in [5.74, 6) is 0.991. The number of anilines is 2. The molecule has 0 unspecified atom stereocenters. The number of rotatable bonds is 7. The molecule has 0 spiro atoms. The van der Waals surface area contributed by atoms with Gasteiger partial charge < -0.3 is 19.9 Å². The first kappa shape index (κ1) is 23.9. The molecule has 1 aliphatic heterocycles. The molecule has 6 nitrogen and oxygen atoms in total. The normalized spacial score (nSPS) is 13.9. The van der Waals surface area contributed by atoms with Gasteiger partial charge in [-0.25, -0.2) is 0 Å². The number of halogens is 1. The van der Waals surface area contributed by atoms with E-state index < -0.39 is 0 Å². The molecule has 172 valence electrons. The number of carbonyl (C=O) groups is 2. The molecule has 0 aliphatic carbocycles. The number of nitrogens with zero attached hydrogens (tertiary/aromatic N) is 2. The van der Waals surface area contributed by atoms with Crippen molar-refractivity contribution in [1.29, 1.82) is 0 Å². The molecular weight excluding hydrogens is 426 g/mol. The fraction of sp³-hybridized carbons (Fsp3) is 0.440. The second-order valence-corrected chi connectivity index (χ2v) is 8.83. The second kappa shape index (κ2) is 10.7. The number of hydrogen-bond donors (Lipinski definition) is 1. The highest BCUT2D eigenvalue weighted by atomic mass is 35.5. The molecule has 7 heteroatoms. The van der Waals surface area contributed by atoms with Crippen LogP contribution in [-0.4, -0.2) is 49.5 Å². The molecule has 2 amide bonds. The van der Waals surface area contributed by atoms with Gasteiger partial charge in [0.1, 0.15) is 5.75 Å². The number of benzene rings is 2. The highest BCUT2D eigenvalue weighted by Gasteiger charge is 2.21. The Labute approximate surface area is 195 Å². The van der Waals surface area contributed by atoms with Gasteiger partial charge in [-0.3, -0.25) is 9.59 Å². The lowest BCUT2D eigenvalue weighted by Crippen LogP contribution is -2.48. The van der Waals surface area contributed by atoms with E-state index in [-0.39, 0.29) is 18.4 Å². The summed E-state index contributed by atoms with van der Waals surface area (Å²) in [4.78, 5) is 28.4. The predicted octanol–water partition coefficient (Wildman–Crippen LogP) is 4.85. The van der Waals surface area contributed by atoms with Crippen molar-refractivity contribution in [1.82, 2.24) is 4.90 Å². The van der Waals surface area contributed by atoms with Gasteiger partial charge in [-0.1, -0.05) is 44.5 Å². The van der Waals surface area contributed by atoms with Gasteiger partial charge in [0.05, 0.1) is 10.7 Å². The molecule has 2 aromatic rings. The number of amides is 2. The zero-order valence-electron chi connectivity index (χ0n) is 19.3. The van der Waals surface area contributed by atoms with Gasteiger partial charge in [-0.15, -0.1) is 0 Å². The van der Waals surface area contributed by atoms with Crippen molar-refractivity contribution in [2.24, 2.45) is 0 Å². The van der Waals surface area contributed by atoms with Crippen LogP contribution in [0.25, 0.3) is 0 Å². The van der Waals surface area contributed by atoms with Crippen molar-refractivity contribution >= 4 is 34.8 Å². The second-order valence-electron chi connectivity index (χ2n) is 8.42. The minimum Gasteiger partial charge on any atom is -0.483 e. The van der Waals surface area contributed by atoms with Crippen LogP contribution >= 0.6 is 11.6 Å². The maximum absolute atomic E-state index is 12.5. The Balaban J connectivity index is 1.57. The molecule has 0 atom stereocenters. The predicted molar refractivity (Wildman–Crippen MR) is 130 cm³/mol. The number of ether oxygens (including phenoxy) is 1. The Kier molecular flexibility index (Phi) is 8.02. The van der Waals surface area contributed by atoms with Crippen molar-refractivity contribution < 1.29 is 14.3 Å². The highest BCUT2D eigenvalue weighted by molar-refractivity contribution is 6.33.